The highest BCUT2D eigenvalue weighted by Crippen LogP contribution is 2.22. The molecule has 130 valence electrons. The molecular weight excluding hydrogens is 378 g/mol. The molecular formula is C16H26BrN3O2S. The van der Waals surface area contributed by atoms with E-state index in [0.717, 1.165) is 10.0 Å². The maximum absolute atomic E-state index is 12.1. The summed E-state index contributed by atoms with van der Waals surface area (Å²) in [4.78, 5) is 4.15. The second-order valence-electron chi connectivity index (χ2n) is 6.32. The fraction of sp³-hybridized carbons (Fsp3) is 0.562. The van der Waals surface area contributed by atoms with Crippen molar-refractivity contribution < 1.29 is 8.42 Å². The average Bonchev–Trinajstić information content (AvgIpc) is 2.45. The number of hydrogen-bond acceptors (Lipinski definition) is 3. The molecule has 0 aliphatic heterocycles. The molecule has 0 bridgehead atoms. The summed E-state index contributed by atoms with van der Waals surface area (Å²) >= 11 is 3.53. The predicted molar refractivity (Wildman–Crippen MR) is 101 cm³/mol. The van der Waals surface area contributed by atoms with E-state index in [0.29, 0.717) is 12.5 Å². The molecule has 1 aromatic rings. The van der Waals surface area contributed by atoms with Crippen LogP contribution in [0.25, 0.3) is 0 Å². The molecule has 7 heteroatoms. The van der Waals surface area contributed by atoms with Crippen molar-refractivity contribution in [3.05, 3.63) is 34.3 Å². The van der Waals surface area contributed by atoms with Crippen LogP contribution in [0.5, 0.6) is 0 Å². The Morgan fingerprint density at radius 3 is 2.43 bits per heavy atom. The van der Waals surface area contributed by atoms with Crippen molar-refractivity contribution in [3.63, 3.8) is 0 Å². The minimum Gasteiger partial charge on any atom is -0.355 e. The summed E-state index contributed by atoms with van der Waals surface area (Å²) in [6.07, 6.45) is 0. The summed E-state index contributed by atoms with van der Waals surface area (Å²) in [7, 11) is -1.47. The van der Waals surface area contributed by atoms with E-state index in [4.69, 9.17) is 0 Å². The van der Waals surface area contributed by atoms with Gasteiger partial charge in [-0.3, -0.25) is 4.99 Å². The van der Waals surface area contributed by atoms with Crippen molar-refractivity contribution in [2.75, 3.05) is 19.3 Å². The van der Waals surface area contributed by atoms with Gasteiger partial charge < -0.3 is 10.6 Å². The molecule has 0 aliphatic rings. The molecule has 1 atom stereocenters. The van der Waals surface area contributed by atoms with Gasteiger partial charge in [0, 0.05) is 18.1 Å². The fourth-order valence-corrected chi connectivity index (χ4v) is 3.53. The number of sulfone groups is 1. The highest BCUT2D eigenvalue weighted by molar-refractivity contribution is 9.10. The van der Waals surface area contributed by atoms with Crippen LogP contribution in [0.3, 0.4) is 0 Å². The van der Waals surface area contributed by atoms with Gasteiger partial charge in [-0.25, -0.2) is 8.42 Å². The number of nitrogens with zero attached hydrogens (tertiary/aromatic N) is 1. The highest BCUT2D eigenvalue weighted by atomic mass is 79.9. The van der Waals surface area contributed by atoms with Gasteiger partial charge in [0.25, 0.3) is 0 Å². The topological polar surface area (TPSA) is 70.6 Å². The van der Waals surface area contributed by atoms with Crippen molar-refractivity contribution in [2.24, 2.45) is 4.99 Å². The van der Waals surface area contributed by atoms with Crippen LogP contribution >= 0.6 is 15.9 Å². The molecule has 5 nitrogen and oxygen atoms in total. The number of halogens is 1. The molecule has 1 rings (SSSR count). The molecule has 23 heavy (non-hydrogen) atoms. The first-order valence-electron chi connectivity index (χ1n) is 7.52. The minimum absolute atomic E-state index is 0.0380. The van der Waals surface area contributed by atoms with Crippen molar-refractivity contribution in [3.8, 4) is 0 Å². The van der Waals surface area contributed by atoms with Crippen LogP contribution in [0.2, 0.25) is 0 Å². The van der Waals surface area contributed by atoms with Crippen LogP contribution in [-0.4, -0.2) is 38.5 Å². The van der Waals surface area contributed by atoms with Gasteiger partial charge in [-0.1, -0.05) is 34.1 Å². The summed E-state index contributed by atoms with van der Waals surface area (Å²) in [6, 6.07) is 7.99. The minimum atomic E-state index is -3.14. The van der Waals surface area contributed by atoms with Crippen molar-refractivity contribution in [1.29, 1.82) is 0 Å². The number of nitrogens with one attached hydrogen (secondary N) is 2. The number of benzene rings is 1. The van der Waals surface area contributed by atoms with Gasteiger partial charge in [-0.05, 0) is 39.3 Å². The van der Waals surface area contributed by atoms with Crippen LogP contribution in [0, 0.1) is 0 Å². The average molecular weight is 404 g/mol. The van der Waals surface area contributed by atoms with Crippen LogP contribution in [-0.2, 0) is 9.84 Å². The standard InChI is InChI=1S/C16H26BrN3O2S/c1-12(13-8-6-7-9-14(13)17)20-15(18-5)19-10-11-23(21,22)16(2,3)4/h6-9,12H,10-11H2,1-5H3,(H2,18,19,20). The lowest BCUT2D eigenvalue weighted by Gasteiger charge is -2.21. The Morgan fingerprint density at radius 1 is 1.30 bits per heavy atom. The molecule has 1 aromatic carbocycles. The third-order valence-electron chi connectivity index (χ3n) is 3.54. The molecule has 0 heterocycles. The van der Waals surface area contributed by atoms with Gasteiger partial charge in [0.05, 0.1) is 16.5 Å². The molecule has 0 aliphatic carbocycles. The fourth-order valence-electron chi connectivity index (χ4n) is 1.91. The third-order valence-corrected chi connectivity index (χ3v) is 6.87. The van der Waals surface area contributed by atoms with E-state index in [-0.39, 0.29) is 11.8 Å². The number of aliphatic imine (C=N–C) groups is 1. The summed E-state index contributed by atoms with van der Waals surface area (Å²) in [5.41, 5.74) is 1.11. The molecule has 0 spiro atoms. The number of rotatable bonds is 5. The predicted octanol–water partition coefficient (Wildman–Crippen LogP) is 2.89. The first-order valence-corrected chi connectivity index (χ1v) is 9.97. The highest BCUT2D eigenvalue weighted by Gasteiger charge is 2.28. The zero-order chi connectivity index (χ0) is 17.7. The van der Waals surface area contributed by atoms with Gasteiger partial charge in [0.2, 0.25) is 0 Å². The maximum Gasteiger partial charge on any atom is 0.191 e. The van der Waals surface area contributed by atoms with Crippen molar-refractivity contribution in [1.82, 2.24) is 10.6 Å². The van der Waals surface area contributed by atoms with E-state index in [9.17, 15) is 8.42 Å². The van der Waals surface area contributed by atoms with Gasteiger partial charge in [-0.15, -0.1) is 0 Å². The van der Waals surface area contributed by atoms with Crippen LogP contribution < -0.4 is 10.6 Å². The summed E-state index contributed by atoms with van der Waals surface area (Å²) in [6.45, 7) is 7.49. The van der Waals surface area contributed by atoms with E-state index < -0.39 is 14.6 Å². The molecule has 2 N–H and O–H groups in total. The Balaban J connectivity index is 2.61. The lowest BCUT2D eigenvalue weighted by atomic mass is 10.1. The second kappa shape index (κ2) is 8.15. The third kappa shape index (κ3) is 5.80. The van der Waals surface area contributed by atoms with E-state index in [2.05, 4.69) is 31.6 Å². The normalized spacial score (nSPS) is 14.4. The summed E-state index contributed by atoms with van der Waals surface area (Å²) in [5.74, 6) is 0.651. The van der Waals surface area contributed by atoms with E-state index in [1.807, 2.05) is 31.2 Å². The van der Waals surface area contributed by atoms with Crippen LogP contribution in [0.4, 0.5) is 0 Å². The van der Waals surface area contributed by atoms with Gasteiger partial charge >= 0.3 is 0 Å². The van der Waals surface area contributed by atoms with Gasteiger partial charge in [-0.2, -0.15) is 0 Å². The first-order chi connectivity index (χ1) is 10.6. The zero-order valence-electron chi connectivity index (χ0n) is 14.4. The zero-order valence-corrected chi connectivity index (χ0v) is 16.8. The van der Waals surface area contributed by atoms with E-state index >= 15 is 0 Å². The Bertz CT molecular complexity index is 652. The monoisotopic (exact) mass is 403 g/mol. The maximum atomic E-state index is 12.1. The molecule has 0 fully saturated rings. The van der Waals surface area contributed by atoms with Crippen molar-refractivity contribution in [2.45, 2.75) is 38.5 Å². The van der Waals surface area contributed by atoms with E-state index in [1.165, 1.54) is 0 Å². The first kappa shape index (κ1) is 20.0. The molecule has 0 saturated carbocycles. The molecule has 0 amide bonds. The molecule has 0 radical (unpaired) electrons. The number of guanidine groups is 1. The Hall–Kier alpha value is -1.08. The Labute approximate surface area is 148 Å². The quantitative estimate of drug-likeness (QED) is 0.585. The molecule has 0 aromatic heterocycles. The van der Waals surface area contributed by atoms with Crippen molar-refractivity contribution >= 4 is 31.7 Å². The Kier molecular flexibility index (Phi) is 7.07. The smallest absolute Gasteiger partial charge is 0.191 e. The lowest BCUT2D eigenvalue weighted by Crippen LogP contribution is -2.42. The lowest BCUT2D eigenvalue weighted by molar-refractivity contribution is 0.558. The molecule has 0 saturated heterocycles. The van der Waals surface area contributed by atoms with Crippen LogP contribution in [0.1, 0.15) is 39.3 Å². The summed E-state index contributed by atoms with van der Waals surface area (Å²) in [5, 5.41) is 6.32. The van der Waals surface area contributed by atoms with Gasteiger partial charge in [0.15, 0.2) is 15.8 Å². The SMILES string of the molecule is CN=C(NCCS(=O)(=O)C(C)(C)C)NC(C)c1ccccc1Br. The Morgan fingerprint density at radius 2 is 1.91 bits per heavy atom. The largest absolute Gasteiger partial charge is 0.355 e. The van der Waals surface area contributed by atoms with Crippen LogP contribution in [0.15, 0.2) is 33.7 Å². The second-order valence-corrected chi connectivity index (χ2v) is 10.0. The summed E-state index contributed by atoms with van der Waals surface area (Å²) < 4.78 is 24.5. The number of hydrogen-bond donors (Lipinski definition) is 2. The van der Waals surface area contributed by atoms with E-state index in [1.54, 1.807) is 27.8 Å². The van der Waals surface area contributed by atoms with Gasteiger partial charge in [0.1, 0.15) is 0 Å². The molecule has 1 unspecified atom stereocenters.